The molecule has 0 saturated heterocycles. The molecule has 0 bridgehead atoms. The highest BCUT2D eigenvalue weighted by molar-refractivity contribution is 5.72. The van der Waals surface area contributed by atoms with E-state index in [4.69, 9.17) is 9.47 Å². The van der Waals surface area contributed by atoms with E-state index in [0.29, 0.717) is 29.8 Å². The number of nitrogens with one attached hydrogen (secondary N) is 1. The fourth-order valence-corrected chi connectivity index (χ4v) is 9.38. The van der Waals surface area contributed by atoms with Gasteiger partial charge >= 0.3 is 5.97 Å². The average molecular weight is 512 g/mol. The van der Waals surface area contributed by atoms with Crippen molar-refractivity contribution in [3.8, 4) is 0 Å². The van der Waals surface area contributed by atoms with Crippen LogP contribution < -0.4 is 5.32 Å². The van der Waals surface area contributed by atoms with Gasteiger partial charge in [-0.1, -0.05) is 39.3 Å². The average Bonchev–Trinajstić information content (AvgIpc) is 3.34. The number of esters is 1. The Kier molecular flexibility index (Phi) is 7.30. The Hall–Kier alpha value is -1.78. The Labute approximate surface area is 224 Å². The molecule has 3 fully saturated rings. The second-order valence-corrected chi connectivity index (χ2v) is 13.6. The Balaban J connectivity index is 1.28. The van der Waals surface area contributed by atoms with E-state index in [0.717, 1.165) is 56.4 Å². The first-order valence-electron chi connectivity index (χ1n) is 15.1. The molecule has 1 N–H and O–H groups in total. The molecule has 1 aliphatic heterocycles. The molecule has 0 aromatic carbocycles. The molecule has 206 valence electrons. The van der Waals surface area contributed by atoms with Gasteiger partial charge in [0.1, 0.15) is 12.2 Å². The number of hydrogen-bond acceptors (Lipinski definition) is 4. The van der Waals surface area contributed by atoms with Gasteiger partial charge in [0.15, 0.2) is 0 Å². The summed E-state index contributed by atoms with van der Waals surface area (Å²) in [6.45, 7) is 13.9. The zero-order valence-corrected chi connectivity index (χ0v) is 24.0. The van der Waals surface area contributed by atoms with E-state index in [1.54, 1.807) is 12.5 Å². The van der Waals surface area contributed by atoms with Gasteiger partial charge in [-0.05, 0) is 91.9 Å². The van der Waals surface area contributed by atoms with Crippen molar-refractivity contribution in [2.45, 2.75) is 118 Å². The molecule has 37 heavy (non-hydrogen) atoms. The maximum absolute atomic E-state index is 11.9. The van der Waals surface area contributed by atoms with Crippen molar-refractivity contribution in [3.63, 3.8) is 0 Å². The van der Waals surface area contributed by atoms with Crippen molar-refractivity contribution >= 4 is 11.9 Å². The lowest BCUT2D eigenvalue weighted by Gasteiger charge is -2.58. The predicted octanol–water partition coefficient (Wildman–Crippen LogP) is 6.72. The SMILES string of the molecule is CCC(=O)O[C@H]1CC[C@@]2(C)C(=CC[C@@H]3[C@H]4C[C@H]5OC(CC[C@H](C)CNC(C)=O)=C(C)[C@H]5[C@@]4(C)CC[C@H]32)C1. The summed E-state index contributed by atoms with van der Waals surface area (Å²) in [6.07, 6.45) is 13.5. The minimum atomic E-state index is -0.0567. The molecule has 0 radical (unpaired) electrons. The molecule has 3 saturated carbocycles. The van der Waals surface area contributed by atoms with Gasteiger partial charge in [0.25, 0.3) is 0 Å². The van der Waals surface area contributed by atoms with Crippen molar-refractivity contribution in [1.82, 2.24) is 5.32 Å². The van der Waals surface area contributed by atoms with Gasteiger partial charge in [-0.15, -0.1) is 0 Å². The summed E-state index contributed by atoms with van der Waals surface area (Å²) >= 11 is 0. The minimum absolute atomic E-state index is 0.0509. The third-order valence-electron chi connectivity index (χ3n) is 11.4. The molecular weight excluding hydrogens is 462 g/mol. The van der Waals surface area contributed by atoms with E-state index < -0.39 is 0 Å². The summed E-state index contributed by atoms with van der Waals surface area (Å²) in [5, 5.41) is 2.96. The van der Waals surface area contributed by atoms with Crippen LogP contribution in [-0.2, 0) is 19.1 Å². The second kappa shape index (κ2) is 10.1. The molecule has 1 amide bonds. The van der Waals surface area contributed by atoms with Gasteiger partial charge in [-0.3, -0.25) is 9.59 Å². The van der Waals surface area contributed by atoms with Crippen LogP contribution in [0.2, 0.25) is 0 Å². The standard InChI is InChI=1S/C32H49NO4/c1-7-29(35)36-23-12-14-31(5)22(16-23)9-10-24-25(31)13-15-32(6)26(24)17-28-30(32)20(3)27(37-28)11-8-19(2)18-33-21(4)34/h9,19,23-26,28,30H,7-8,10-18H2,1-6H3,(H,33,34)/t19-,23-,24-,25+,26+,28+,30+,31-,32-/m0/s1. The Morgan fingerprint density at radius 2 is 2.00 bits per heavy atom. The maximum atomic E-state index is 11.9. The van der Waals surface area contributed by atoms with E-state index in [9.17, 15) is 9.59 Å². The molecule has 4 aliphatic carbocycles. The van der Waals surface area contributed by atoms with Gasteiger partial charge in [0.05, 0.1) is 5.76 Å². The topological polar surface area (TPSA) is 64.6 Å². The summed E-state index contributed by atoms with van der Waals surface area (Å²) in [4.78, 5) is 23.2. The van der Waals surface area contributed by atoms with Crippen molar-refractivity contribution < 1.29 is 19.1 Å². The summed E-state index contributed by atoms with van der Waals surface area (Å²) in [5.41, 5.74) is 3.67. The Bertz CT molecular complexity index is 983. The zero-order chi connectivity index (χ0) is 26.5. The lowest BCUT2D eigenvalue weighted by Crippen LogP contribution is -2.50. The number of hydrogen-bond donors (Lipinski definition) is 1. The van der Waals surface area contributed by atoms with Crippen LogP contribution in [0.1, 0.15) is 106 Å². The first-order chi connectivity index (χ1) is 17.6. The fourth-order valence-electron chi connectivity index (χ4n) is 9.38. The molecule has 5 aliphatic rings. The van der Waals surface area contributed by atoms with Crippen molar-refractivity contribution in [2.24, 2.45) is 40.4 Å². The van der Waals surface area contributed by atoms with E-state index in [1.165, 1.54) is 37.0 Å². The third-order valence-corrected chi connectivity index (χ3v) is 11.4. The van der Waals surface area contributed by atoms with Crippen LogP contribution >= 0.6 is 0 Å². The molecule has 0 aromatic heterocycles. The van der Waals surface area contributed by atoms with Crippen LogP contribution in [0, 0.1) is 40.4 Å². The molecule has 5 nitrogen and oxygen atoms in total. The molecular formula is C32H49NO4. The molecule has 1 heterocycles. The lowest BCUT2D eigenvalue weighted by molar-refractivity contribution is -0.151. The Morgan fingerprint density at radius 3 is 2.73 bits per heavy atom. The van der Waals surface area contributed by atoms with Gasteiger partial charge < -0.3 is 14.8 Å². The fraction of sp³-hybridized carbons (Fsp3) is 0.812. The van der Waals surface area contributed by atoms with Crippen molar-refractivity contribution in [1.29, 1.82) is 0 Å². The van der Waals surface area contributed by atoms with Gasteiger partial charge in [0, 0.05) is 38.6 Å². The first-order valence-corrected chi connectivity index (χ1v) is 15.1. The smallest absolute Gasteiger partial charge is 0.305 e. The van der Waals surface area contributed by atoms with Crippen molar-refractivity contribution in [3.05, 3.63) is 23.0 Å². The van der Waals surface area contributed by atoms with Gasteiger partial charge in [-0.2, -0.15) is 0 Å². The first kappa shape index (κ1) is 26.8. The van der Waals surface area contributed by atoms with Crippen molar-refractivity contribution in [2.75, 3.05) is 6.54 Å². The molecule has 9 atom stereocenters. The third kappa shape index (κ3) is 4.67. The van der Waals surface area contributed by atoms with E-state index >= 15 is 0 Å². The van der Waals surface area contributed by atoms with Crippen LogP contribution in [0.3, 0.4) is 0 Å². The van der Waals surface area contributed by atoms with Crippen LogP contribution in [0.15, 0.2) is 23.0 Å². The van der Waals surface area contributed by atoms with Crippen LogP contribution in [-0.4, -0.2) is 30.6 Å². The van der Waals surface area contributed by atoms with Crippen LogP contribution in [0.5, 0.6) is 0 Å². The summed E-state index contributed by atoms with van der Waals surface area (Å²) in [6, 6.07) is 0. The molecule has 5 heteroatoms. The highest BCUT2D eigenvalue weighted by Gasteiger charge is 2.63. The van der Waals surface area contributed by atoms with Gasteiger partial charge in [-0.25, -0.2) is 0 Å². The summed E-state index contributed by atoms with van der Waals surface area (Å²) in [5.74, 6) is 4.45. The zero-order valence-electron chi connectivity index (χ0n) is 24.0. The number of amides is 1. The number of carbonyl (C=O) groups excluding carboxylic acids is 2. The highest BCUT2D eigenvalue weighted by Crippen LogP contribution is 2.69. The number of fused-ring (bicyclic) bond motifs is 7. The molecule has 0 aromatic rings. The number of ether oxygens (including phenoxy) is 2. The Morgan fingerprint density at radius 1 is 1.22 bits per heavy atom. The predicted molar refractivity (Wildman–Crippen MR) is 145 cm³/mol. The van der Waals surface area contributed by atoms with E-state index in [2.05, 4.69) is 39.1 Å². The second-order valence-electron chi connectivity index (χ2n) is 13.6. The molecule has 5 rings (SSSR count). The molecule has 0 unspecified atom stereocenters. The van der Waals surface area contributed by atoms with Crippen LogP contribution in [0.4, 0.5) is 0 Å². The highest BCUT2D eigenvalue weighted by atomic mass is 16.5. The number of rotatable bonds is 7. The summed E-state index contributed by atoms with van der Waals surface area (Å²) < 4.78 is 12.5. The summed E-state index contributed by atoms with van der Waals surface area (Å²) in [7, 11) is 0. The lowest BCUT2D eigenvalue weighted by atomic mass is 9.47. The quantitative estimate of drug-likeness (QED) is 0.304. The monoisotopic (exact) mass is 511 g/mol. The number of allylic oxidation sites excluding steroid dienone is 2. The van der Waals surface area contributed by atoms with Gasteiger partial charge in [0.2, 0.25) is 5.91 Å². The number of carbonyl (C=O) groups is 2. The van der Waals surface area contributed by atoms with E-state index in [-0.39, 0.29) is 23.4 Å². The van der Waals surface area contributed by atoms with Crippen LogP contribution in [0.25, 0.3) is 0 Å². The molecule has 0 spiro atoms. The normalized spacial score (nSPS) is 41.0. The maximum Gasteiger partial charge on any atom is 0.305 e. The largest absolute Gasteiger partial charge is 0.494 e. The minimum Gasteiger partial charge on any atom is -0.494 e. The van der Waals surface area contributed by atoms with E-state index in [1.807, 2.05) is 6.92 Å².